The fourth-order valence-corrected chi connectivity index (χ4v) is 4.82. The largest absolute Gasteiger partial charge is 0.355 e. The summed E-state index contributed by atoms with van der Waals surface area (Å²) in [7, 11) is 0. The minimum Gasteiger partial charge on any atom is -0.355 e. The normalized spacial score (nSPS) is 11.4. The summed E-state index contributed by atoms with van der Waals surface area (Å²) in [6.07, 6.45) is 0. The van der Waals surface area contributed by atoms with E-state index in [1.807, 2.05) is 0 Å². The number of rotatable bonds is 4. The summed E-state index contributed by atoms with van der Waals surface area (Å²) < 4.78 is 0. The van der Waals surface area contributed by atoms with Crippen LogP contribution in [0.25, 0.3) is 32.3 Å². The third-order valence-electron chi connectivity index (χ3n) is 6.22. The molecule has 0 amide bonds. The Morgan fingerprint density at radius 3 is 1.34 bits per heavy atom. The average Bonchev–Trinajstić information content (AvgIpc) is 2.78. The zero-order valence-corrected chi connectivity index (χ0v) is 18.2. The molecule has 154 valence electrons. The van der Waals surface area contributed by atoms with Gasteiger partial charge in [-0.3, -0.25) is 0 Å². The van der Waals surface area contributed by atoms with Crippen molar-refractivity contribution in [1.82, 2.24) is 0 Å². The van der Waals surface area contributed by atoms with E-state index in [1.165, 1.54) is 43.4 Å². The van der Waals surface area contributed by atoms with Gasteiger partial charge in [0.05, 0.1) is 0 Å². The van der Waals surface area contributed by atoms with Gasteiger partial charge in [-0.15, -0.1) is 0 Å². The minimum absolute atomic E-state index is 1.11. The van der Waals surface area contributed by atoms with Crippen LogP contribution in [0.4, 0.5) is 22.7 Å². The van der Waals surface area contributed by atoms with Crippen LogP contribution >= 0.6 is 0 Å². The molecule has 6 aromatic carbocycles. The zero-order chi connectivity index (χ0) is 21.7. The highest BCUT2D eigenvalue weighted by Gasteiger charge is 2.15. The molecule has 0 aliphatic rings. The first-order valence-corrected chi connectivity index (χ1v) is 11.0. The highest BCUT2D eigenvalue weighted by atomic mass is 14.9. The summed E-state index contributed by atoms with van der Waals surface area (Å²) in [5.41, 5.74) is 7.00. The highest BCUT2D eigenvalue weighted by Crippen LogP contribution is 2.43. The minimum atomic E-state index is 1.11. The van der Waals surface area contributed by atoms with Crippen LogP contribution in [0.1, 0.15) is 11.1 Å². The third-order valence-corrected chi connectivity index (χ3v) is 6.22. The van der Waals surface area contributed by atoms with Gasteiger partial charge in [-0.1, -0.05) is 60.7 Å². The van der Waals surface area contributed by atoms with Crippen LogP contribution in [-0.4, -0.2) is 0 Å². The Morgan fingerprint density at radius 2 is 0.906 bits per heavy atom. The molecule has 0 saturated heterocycles. The van der Waals surface area contributed by atoms with Crippen LogP contribution < -0.4 is 10.6 Å². The molecule has 2 N–H and O–H groups in total. The second-order valence-electron chi connectivity index (χ2n) is 8.64. The summed E-state index contributed by atoms with van der Waals surface area (Å²) in [5, 5.41) is 14.9. The SMILES string of the molecule is Cc1cccc(Nc2cc3cccc4c(Nc5cccc(C)c5)cc5cccc2c5c34)c1. The lowest BCUT2D eigenvalue weighted by Gasteiger charge is -2.19. The smallest absolute Gasteiger partial charge is 0.0470 e. The standard InChI is InChI=1S/C30H24N2/c1-19-7-3-11-23(15-19)31-27-17-21-9-6-14-26-28(32-24-12-4-8-20(2)16-24)18-22-10-5-13-25(27)29(22)30(21)26/h3-18,31-32H,1-2H3. The van der Waals surface area contributed by atoms with E-state index in [2.05, 4.69) is 122 Å². The van der Waals surface area contributed by atoms with Crippen molar-refractivity contribution in [3.05, 3.63) is 108 Å². The van der Waals surface area contributed by atoms with Crippen LogP contribution in [0.3, 0.4) is 0 Å². The van der Waals surface area contributed by atoms with E-state index in [0.29, 0.717) is 0 Å². The van der Waals surface area contributed by atoms with Crippen molar-refractivity contribution in [3.63, 3.8) is 0 Å². The van der Waals surface area contributed by atoms with E-state index >= 15 is 0 Å². The van der Waals surface area contributed by atoms with Crippen LogP contribution in [0.5, 0.6) is 0 Å². The van der Waals surface area contributed by atoms with E-state index in [-0.39, 0.29) is 0 Å². The molecular weight excluding hydrogens is 388 g/mol. The van der Waals surface area contributed by atoms with Gasteiger partial charge in [-0.2, -0.15) is 0 Å². The fraction of sp³-hybridized carbons (Fsp3) is 0.0667. The number of hydrogen-bond donors (Lipinski definition) is 2. The molecular formula is C30H24N2. The Kier molecular flexibility index (Phi) is 4.26. The van der Waals surface area contributed by atoms with Gasteiger partial charge < -0.3 is 10.6 Å². The van der Waals surface area contributed by atoms with Crippen molar-refractivity contribution in [3.8, 4) is 0 Å². The van der Waals surface area contributed by atoms with Crippen molar-refractivity contribution in [1.29, 1.82) is 0 Å². The van der Waals surface area contributed by atoms with Crippen LogP contribution in [0.2, 0.25) is 0 Å². The lowest BCUT2D eigenvalue weighted by atomic mass is 9.92. The van der Waals surface area contributed by atoms with Crippen LogP contribution in [-0.2, 0) is 0 Å². The molecule has 0 aromatic heterocycles. The second kappa shape index (κ2) is 7.28. The van der Waals surface area contributed by atoms with Gasteiger partial charge in [-0.05, 0) is 82.9 Å². The Labute approximate surface area is 187 Å². The van der Waals surface area contributed by atoms with Gasteiger partial charge in [0, 0.05) is 33.5 Å². The number of benzene rings is 6. The Balaban J connectivity index is 1.58. The summed E-state index contributed by atoms with van der Waals surface area (Å²) in [4.78, 5) is 0. The second-order valence-corrected chi connectivity index (χ2v) is 8.64. The molecule has 0 heterocycles. The Hall–Kier alpha value is -4.04. The predicted octanol–water partition coefficient (Wildman–Crippen LogP) is 8.69. The highest BCUT2D eigenvalue weighted by molar-refractivity contribution is 6.28. The van der Waals surface area contributed by atoms with Crippen LogP contribution in [0.15, 0.2) is 97.1 Å². The molecule has 0 radical (unpaired) electrons. The summed E-state index contributed by atoms with van der Waals surface area (Å²) in [6.45, 7) is 4.25. The molecule has 6 aromatic rings. The molecule has 0 aliphatic carbocycles. The molecule has 0 atom stereocenters. The maximum absolute atomic E-state index is 3.67. The molecule has 2 nitrogen and oxygen atoms in total. The first kappa shape index (κ1) is 18.7. The number of anilines is 4. The van der Waals surface area contributed by atoms with E-state index in [0.717, 1.165) is 22.7 Å². The van der Waals surface area contributed by atoms with E-state index in [4.69, 9.17) is 0 Å². The summed E-state index contributed by atoms with van der Waals surface area (Å²) in [5.74, 6) is 0. The maximum Gasteiger partial charge on any atom is 0.0470 e. The van der Waals surface area contributed by atoms with E-state index < -0.39 is 0 Å². The Morgan fingerprint density at radius 1 is 0.469 bits per heavy atom. The van der Waals surface area contributed by atoms with Crippen molar-refractivity contribution in [2.45, 2.75) is 13.8 Å². The first-order valence-electron chi connectivity index (χ1n) is 11.0. The summed E-state index contributed by atoms with van der Waals surface area (Å²) >= 11 is 0. The van der Waals surface area contributed by atoms with Crippen molar-refractivity contribution >= 4 is 55.1 Å². The van der Waals surface area contributed by atoms with Crippen molar-refractivity contribution < 1.29 is 0 Å². The number of nitrogens with one attached hydrogen (secondary N) is 2. The molecule has 0 spiro atoms. The van der Waals surface area contributed by atoms with Crippen molar-refractivity contribution in [2.24, 2.45) is 0 Å². The van der Waals surface area contributed by atoms with E-state index in [1.54, 1.807) is 0 Å². The number of hydrogen-bond acceptors (Lipinski definition) is 2. The van der Waals surface area contributed by atoms with Gasteiger partial charge in [0.1, 0.15) is 0 Å². The molecule has 6 rings (SSSR count). The van der Waals surface area contributed by atoms with Gasteiger partial charge in [0.15, 0.2) is 0 Å². The van der Waals surface area contributed by atoms with Gasteiger partial charge in [-0.25, -0.2) is 0 Å². The molecule has 0 saturated carbocycles. The third kappa shape index (κ3) is 3.12. The van der Waals surface area contributed by atoms with E-state index in [9.17, 15) is 0 Å². The maximum atomic E-state index is 3.67. The fourth-order valence-electron chi connectivity index (χ4n) is 4.82. The lowest BCUT2D eigenvalue weighted by molar-refractivity contribution is 1.45. The number of aryl methyl sites for hydroxylation is 2. The Bertz CT molecular complexity index is 1470. The molecule has 2 heteroatoms. The summed E-state index contributed by atoms with van der Waals surface area (Å²) in [6, 6.07) is 34.8. The zero-order valence-electron chi connectivity index (χ0n) is 18.2. The van der Waals surface area contributed by atoms with Gasteiger partial charge in [0.2, 0.25) is 0 Å². The molecule has 32 heavy (non-hydrogen) atoms. The quantitative estimate of drug-likeness (QED) is 0.283. The van der Waals surface area contributed by atoms with Gasteiger partial charge >= 0.3 is 0 Å². The van der Waals surface area contributed by atoms with Crippen LogP contribution in [0, 0.1) is 13.8 Å². The molecule has 0 unspecified atom stereocenters. The topological polar surface area (TPSA) is 24.1 Å². The monoisotopic (exact) mass is 412 g/mol. The predicted molar refractivity (Wildman–Crippen MR) is 139 cm³/mol. The average molecular weight is 413 g/mol. The first-order chi connectivity index (χ1) is 15.7. The van der Waals surface area contributed by atoms with Gasteiger partial charge in [0.25, 0.3) is 0 Å². The molecule has 0 fully saturated rings. The molecule has 0 aliphatic heterocycles. The molecule has 0 bridgehead atoms. The van der Waals surface area contributed by atoms with Crippen molar-refractivity contribution in [2.75, 3.05) is 10.6 Å². The lowest BCUT2D eigenvalue weighted by Crippen LogP contribution is -1.96.